The summed E-state index contributed by atoms with van der Waals surface area (Å²) in [5, 5.41) is 5.16. The van der Waals surface area contributed by atoms with E-state index in [1.165, 1.54) is 60.4 Å². The zero-order chi connectivity index (χ0) is 21.9. The predicted octanol–water partition coefficient (Wildman–Crippen LogP) is 8.10. The fraction of sp³-hybridized carbons (Fsp3) is 0.0323. The normalized spacial score (nSPS) is 11.8. The van der Waals surface area contributed by atoms with Crippen LogP contribution in [0.3, 0.4) is 0 Å². The summed E-state index contributed by atoms with van der Waals surface area (Å²) < 4.78 is 4.73. The molecule has 0 N–H and O–H groups in total. The Labute approximate surface area is 191 Å². The highest BCUT2D eigenvalue weighted by atomic mass is 15.0. The van der Waals surface area contributed by atoms with Crippen molar-refractivity contribution in [3.63, 3.8) is 0 Å². The number of fused-ring (bicyclic) bond motifs is 6. The van der Waals surface area contributed by atoms with Crippen LogP contribution in [-0.2, 0) is 7.05 Å². The predicted molar refractivity (Wildman–Crippen MR) is 140 cm³/mol. The van der Waals surface area contributed by atoms with Crippen LogP contribution in [0.4, 0.5) is 0 Å². The highest BCUT2D eigenvalue weighted by molar-refractivity contribution is 6.18. The lowest BCUT2D eigenvalue weighted by Gasteiger charge is -2.07. The van der Waals surface area contributed by atoms with Gasteiger partial charge in [0.2, 0.25) is 0 Å². The molecule has 156 valence electrons. The van der Waals surface area contributed by atoms with E-state index < -0.39 is 0 Å². The summed E-state index contributed by atoms with van der Waals surface area (Å²) in [7, 11) is 2.18. The van der Waals surface area contributed by atoms with Crippen molar-refractivity contribution < 1.29 is 0 Å². The van der Waals surface area contributed by atoms with Crippen molar-refractivity contribution in [2.75, 3.05) is 0 Å². The lowest BCUT2D eigenvalue weighted by atomic mass is 10.0. The summed E-state index contributed by atoms with van der Waals surface area (Å²) in [6.07, 6.45) is 0. The molecule has 0 saturated carbocycles. The van der Waals surface area contributed by atoms with Crippen molar-refractivity contribution in [3.05, 3.63) is 115 Å². The van der Waals surface area contributed by atoms with Gasteiger partial charge in [-0.25, -0.2) is 0 Å². The van der Waals surface area contributed by atoms with E-state index >= 15 is 0 Å². The Balaban J connectivity index is 1.59. The van der Waals surface area contributed by atoms with Crippen LogP contribution in [-0.4, -0.2) is 9.13 Å². The van der Waals surface area contributed by atoms with E-state index in [1.807, 2.05) is 0 Å². The highest BCUT2D eigenvalue weighted by Gasteiger charge is 2.16. The van der Waals surface area contributed by atoms with Crippen LogP contribution in [0.15, 0.2) is 115 Å². The van der Waals surface area contributed by atoms with Crippen LogP contribution in [0.1, 0.15) is 0 Å². The summed E-state index contributed by atoms with van der Waals surface area (Å²) in [5.74, 6) is 0. The van der Waals surface area contributed by atoms with E-state index in [1.54, 1.807) is 0 Å². The molecule has 0 fully saturated rings. The molecule has 7 rings (SSSR count). The molecule has 0 aliphatic heterocycles. The largest absolute Gasteiger partial charge is 0.344 e. The second-order valence-corrected chi connectivity index (χ2v) is 8.73. The van der Waals surface area contributed by atoms with Gasteiger partial charge < -0.3 is 9.13 Å². The molecule has 33 heavy (non-hydrogen) atoms. The molecule has 2 heteroatoms. The molecule has 0 spiro atoms. The van der Waals surface area contributed by atoms with Crippen LogP contribution < -0.4 is 0 Å². The summed E-state index contributed by atoms with van der Waals surface area (Å²) >= 11 is 0. The van der Waals surface area contributed by atoms with Gasteiger partial charge in [-0.05, 0) is 47.5 Å². The minimum Gasteiger partial charge on any atom is -0.344 e. The monoisotopic (exact) mass is 422 g/mol. The van der Waals surface area contributed by atoms with E-state index in [4.69, 9.17) is 0 Å². The molecule has 0 unspecified atom stereocenters. The Hall–Kier alpha value is -4.30. The topological polar surface area (TPSA) is 9.86 Å². The molecule has 2 heterocycles. The minimum atomic E-state index is 1.19. The molecule has 0 aliphatic carbocycles. The lowest BCUT2D eigenvalue weighted by molar-refractivity contribution is 1.02. The first-order valence-corrected chi connectivity index (χ1v) is 11.4. The average Bonchev–Trinajstić information content (AvgIpc) is 3.35. The standard InChI is InChI=1S/C31H22N2/c1-32-29-18-22(21-10-4-2-5-11-21)16-17-25(29)26-20-31-27(19-30(26)32)24-14-8-9-15-28(24)33(31)23-12-6-3-7-13-23/h2-20H,1H3. The van der Waals surface area contributed by atoms with Gasteiger partial charge in [0.05, 0.1) is 11.0 Å². The second-order valence-electron chi connectivity index (χ2n) is 8.73. The van der Waals surface area contributed by atoms with Crippen LogP contribution in [0.5, 0.6) is 0 Å². The highest BCUT2D eigenvalue weighted by Crippen LogP contribution is 2.38. The Kier molecular flexibility index (Phi) is 3.80. The quantitative estimate of drug-likeness (QED) is 0.266. The third-order valence-corrected chi connectivity index (χ3v) is 6.92. The van der Waals surface area contributed by atoms with Gasteiger partial charge in [0.25, 0.3) is 0 Å². The van der Waals surface area contributed by atoms with Crippen molar-refractivity contribution in [2.24, 2.45) is 7.05 Å². The van der Waals surface area contributed by atoms with Crippen LogP contribution in [0, 0.1) is 0 Å². The van der Waals surface area contributed by atoms with Crippen LogP contribution in [0.25, 0.3) is 60.4 Å². The fourth-order valence-corrected chi connectivity index (χ4v) is 5.33. The summed E-state index contributed by atoms with van der Waals surface area (Å²) in [4.78, 5) is 0. The third-order valence-electron chi connectivity index (χ3n) is 6.92. The first-order chi connectivity index (χ1) is 16.3. The van der Waals surface area contributed by atoms with E-state index in [0.29, 0.717) is 0 Å². The lowest BCUT2D eigenvalue weighted by Crippen LogP contribution is -1.93. The number of aryl methyl sites for hydroxylation is 1. The summed E-state index contributed by atoms with van der Waals surface area (Å²) in [6.45, 7) is 0. The van der Waals surface area contributed by atoms with Gasteiger partial charge in [0, 0.05) is 45.3 Å². The number of hydrogen-bond donors (Lipinski definition) is 0. The maximum Gasteiger partial charge on any atom is 0.0548 e. The van der Waals surface area contributed by atoms with Gasteiger partial charge in [-0.3, -0.25) is 0 Å². The maximum absolute atomic E-state index is 2.39. The van der Waals surface area contributed by atoms with Gasteiger partial charge in [0.1, 0.15) is 0 Å². The van der Waals surface area contributed by atoms with Crippen molar-refractivity contribution in [3.8, 4) is 16.8 Å². The van der Waals surface area contributed by atoms with Gasteiger partial charge in [-0.1, -0.05) is 78.9 Å². The van der Waals surface area contributed by atoms with Crippen LogP contribution in [0.2, 0.25) is 0 Å². The first kappa shape index (κ1) is 18.3. The first-order valence-electron chi connectivity index (χ1n) is 11.4. The molecular weight excluding hydrogens is 400 g/mol. The van der Waals surface area contributed by atoms with Crippen molar-refractivity contribution in [2.45, 2.75) is 0 Å². The van der Waals surface area contributed by atoms with E-state index in [2.05, 4.69) is 131 Å². The zero-order valence-electron chi connectivity index (χ0n) is 18.4. The number of benzene rings is 5. The molecule has 0 bridgehead atoms. The van der Waals surface area contributed by atoms with Crippen molar-refractivity contribution in [1.82, 2.24) is 9.13 Å². The molecule has 0 saturated heterocycles. The van der Waals surface area contributed by atoms with E-state index in [-0.39, 0.29) is 0 Å². The summed E-state index contributed by atoms with van der Waals surface area (Å²) in [6, 6.07) is 41.6. The Morgan fingerprint density at radius 2 is 1.03 bits per heavy atom. The van der Waals surface area contributed by atoms with Crippen molar-refractivity contribution >= 4 is 43.6 Å². The van der Waals surface area contributed by atoms with Gasteiger partial charge in [0.15, 0.2) is 0 Å². The Morgan fingerprint density at radius 3 is 1.85 bits per heavy atom. The molecule has 2 nitrogen and oxygen atoms in total. The number of nitrogens with zero attached hydrogens (tertiary/aromatic N) is 2. The molecule has 0 radical (unpaired) electrons. The van der Waals surface area contributed by atoms with E-state index in [0.717, 1.165) is 0 Å². The number of para-hydroxylation sites is 2. The van der Waals surface area contributed by atoms with Gasteiger partial charge in [-0.15, -0.1) is 0 Å². The Bertz CT molecular complexity index is 1800. The SMILES string of the molecule is Cn1c2cc(-c3ccccc3)ccc2c2cc3c(cc21)c1ccccc1n3-c1ccccc1. The number of rotatable bonds is 2. The summed E-state index contributed by atoms with van der Waals surface area (Å²) in [5.41, 5.74) is 8.69. The zero-order valence-corrected chi connectivity index (χ0v) is 18.4. The number of hydrogen-bond acceptors (Lipinski definition) is 0. The molecule has 0 atom stereocenters. The van der Waals surface area contributed by atoms with Gasteiger partial charge in [-0.2, -0.15) is 0 Å². The maximum atomic E-state index is 2.39. The number of aromatic nitrogens is 2. The second kappa shape index (κ2) is 6.85. The smallest absolute Gasteiger partial charge is 0.0548 e. The molecule has 2 aromatic heterocycles. The molecular formula is C31H22N2. The molecule has 0 aliphatic rings. The molecule has 5 aromatic carbocycles. The molecule has 0 amide bonds. The third kappa shape index (κ3) is 2.61. The fourth-order valence-electron chi connectivity index (χ4n) is 5.33. The van der Waals surface area contributed by atoms with Gasteiger partial charge >= 0.3 is 0 Å². The molecule has 7 aromatic rings. The van der Waals surface area contributed by atoms with E-state index in [9.17, 15) is 0 Å². The Morgan fingerprint density at radius 1 is 0.424 bits per heavy atom. The average molecular weight is 423 g/mol. The minimum absolute atomic E-state index is 1.19. The van der Waals surface area contributed by atoms with Crippen molar-refractivity contribution in [1.29, 1.82) is 0 Å². The van der Waals surface area contributed by atoms with Crippen LogP contribution >= 0.6 is 0 Å².